The average molecular weight is 650 g/mol. The van der Waals surface area contributed by atoms with Crippen molar-refractivity contribution in [1.82, 2.24) is 26.6 Å². The number of carboxylic acids is 1. The highest BCUT2D eigenvalue weighted by Crippen LogP contribution is 2.09. The number of nitrogens with two attached hydrogens (primary N) is 2. The van der Waals surface area contributed by atoms with Crippen LogP contribution in [0, 0.1) is 5.92 Å². The molecule has 0 radical (unpaired) electrons. The first-order valence-corrected chi connectivity index (χ1v) is 14.9. The minimum atomic E-state index is -1.53. The van der Waals surface area contributed by atoms with E-state index >= 15 is 0 Å². The highest BCUT2D eigenvalue weighted by molar-refractivity contribution is 5.96. The molecule has 1 rings (SSSR count). The summed E-state index contributed by atoms with van der Waals surface area (Å²) < 4.78 is 0. The van der Waals surface area contributed by atoms with Crippen molar-refractivity contribution in [1.29, 1.82) is 0 Å². The molecular weight excluding hydrogens is 602 g/mol. The standard InChI is InChI=1S/C30H47N7O9/c1-15(2)11-12-21(30(45)46)35-28(43)22(13-19-9-7-6-8-10-19)36-26(41)17(4)33-25(40)16(3)34-29(44)24(18(5)38)37-27(42)20(31)14-23(32)39/h6-10,15-18,20-22,24,38H,11-14,31H2,1-5H3,(H2,32,39)(H,33,40)(H,34,44)(H,35,43)(H,36,41)(H,37,42)(H,45,46)/t16-,17-,18+,20-,21-,22-,24-/m0/s1. The molecule has 1 aromatic carbocycles. The van der Waals surface area contributed by atoms with Gasteiger partial charge < -0.3 is 48.3 Å². The number of nitrogens with one attached hydrogen (secondary N) is 5. The highest BCUT2D eigenvalue weighted by Gasteiger charge is 2.32. The zero-order valence-electron chi connectivity index (χ0n) is 26.7. The minimum Gasteiger partial charge on any atom is -0.480 e. The largest absolute Gasteiger partial charge is 0.480 e. The van der Waals surface area contributed by atoms with Crippen molar-refractivity contribution < 1.29 is 43.8 Å². The number of carbonyl (C=O) groups excluding carboxylic acids is 6. The molecule has 256 valence electrons. The van der Waals surface area contributed by atoms with E-state index in [4.69, 9.17) is 11.5 Å². The van der Waals surface area contributed by atoms with Gasteiger partial charge in [0.15, 0.2) is 0 Å². The van der Waals surface area contributed by atoms with Crippen molar-refractivity contribution in [3.63, 3.8) is 0 Å². The summed E-state index contributed by atoms with van der Waals surface area (Å²) in [4.78, 5) is 86.9. The van der Waals surface area contributed by atoms with Gasteiger partial charge in [0, 0.05) is 6.42 Å². The molecule has 0 spiro atoms. The molecule has 0 heterocycles. The maximum absolute atomic E-state index is 13.2. The van der Waals surface area contributed by atoms with Gasteiger partial charge in [0.25, 0.3) is 0 Å². The van der Waals surface area contributed by atoms with E-state index in [0.717, 1.165) is 0 Å². The van der Waals surface area contributed by atoms with Gasteiger partial charge in [-0.2, -0.15) is 0 Å². The van der Waals surface area contributed by atoms with E-state index in [0.29, 0.717) is 12.0 Å². The van der Waals surface area contributed by atoms with Gasteiger partial charge in [0.2, 0.25) is 35.4 Å². The summed E-state index contributed by atoms with van der Waals surface area (Å²) in [6.07, 6.45) is -1.12. The smallest absolute Gasteiger partial charge is 0.326 e. The molecule has 0 saturated carbocycles. The predicted molar refractivity (Wildman–Crippen MR) is 166 cm³/mol. The normalized spacial score (nSPS) is 15.6. The number of benzene rings is 1. The van der Waals surface area contributed by atoms with Gasteiger partial charge in [-0.3, -0.25) is 28.8 Å². The Morgan fingerprint density at radius 2 is 1.22 bits per heavy atom. The summed E-state index contributed by atoms with van der Waals surface area (Å²) in [5.74, 6) is -5.99. The van der Waals surface area contributed by atoms with E-state index < -0.39 is 90.2 Å². The zero-order valence-corrected chi connectivity index (χ0v) is 26.7. The molecule has 6 amide bonds. The van der Waals surface area contributed by atoms with Gasteiger partial charge in [0.05, 0.1) is 18.6 Å². The topological polar surface area (TPSA) is 272 Å². The Morgan fingerprint density at radius 3 is 1.72 bits per heavy atom. The number of hydrogen-bond acceptors (Lipinski definition) is 9. The molecule has 16 nitrogen and oxygen atoms in total. The van der Waals surface area contributed by atoms with Crippen molar-refractivity contribution in [2.75, 3.05) is 0 Å². The van der Waals surface area contributed by atoms with E-state index in [1.54, 1.807) is 30.3 Å². The molecule has 0 fully saturated rings. The third-order valence-corrected chi connectivity index (χ3v) is 6.89. The number of carbonyl (C=O) groups is 7. The van der Waals surface area contributed by atoms with Crippen molar-refractivity contribution in [2.24, 2.45) is 17.4 Å². The molecule has 11 N–H and O–H groups in total. The lowest BCUT2D eigenvalue weighted by molar-refractivity contribution is -0.142. The van der Waals surface area contributed by atoms with Gasteiger partial charge in [-0.1, -0.05) is 44.2 Å². The Morgan fingerprint density at radius 1 is 0.696 bits per heavy atom. The number of carboxylic acid groups (broad SMARTS) is 1. The van der Waals surface area contributed by atoms with Crippen LogP contribution >= 0.6 is 0 Å². The first kappa shape index (κ1) is 39.5. The van der Waals surface area contributed by atoms with Crippen LogP contribution in [0.4, 0.5) is 0 Å². The highest BCUT2D eigenvalue weighted by atomic mass is 16.4. The Bertz CT molecular complexity index is 1230. The number of aliphatic hydroxyl groups is 1. The van der Waals surface area contributed by atoms with Crippen LogP contribution < -0.4 is 38.1 Å². The molecule has 46 heavy (non-hydrogen) atoms. The van der Waals surface area contributed by atoms with Gasteiger partial charge in [-0.15, -0.1) is 0 Å². The molecular formula is C30H47N7O9. The van der Waals surface area contributed by atoms with E-state index in [1.807, 2.05) is 13.8 Å². The summed E-state index contributed by atoms with van der Waals surface area (Å²) in [5, 5.41) is 31.6. The lowest BCUT2D eigenvalue weighted by atomic mass is 10.0. The second-order valence-electron chi connectivity index (χ2n) is 11.6. The fourth-order valence-electron chi connectivity index (χ4n) is 4.13. The molecule has 0 unspecified atom stereocenters. The number of hydrogen-bond donors (Lipinski definition) is 9. The predicted octanol–water partition coefficient (Wildman–Crippen LogP) is -2.20. The first-order chi connectivity index (χ1) is 21.4. The van der Waals surface area contributed by atoms with Gasteiger partial charge in [0.1, 0.15) is 30.2 Å². The van der Waals surface area contributed by atoms with Crippen LogP contribution in [0.2, 0.25) is 0 Å². The van der Waals surface area contributed by atoms with Crippen molar-refractivity contribution in [3.8, 4) is 0 Å². The van der Waals surface area contributed by atoms with Crippen LogP contribution in [0.15, 0.2) is 30.3 Å². The van der Waals surface area contributed by atoms with E-state index in [2.05, 4.69) is 26.6 Å². The fourth-order valence-corrected chi connectivity index (χ4v) is 4.13. The van der Waals surface area contributed by atoms with Crippen LogP contribution in [-0.4, -0.2) is 94.0 Å². The van der Waals surface area contributed by atoms with Crippen molar-refractivity contribution >= 4 is 41.4 Å². The molecule has 1 aromatic rings. The van der Waals surface area contributed by atoms with Crippen LogP contribution in [0.3, 0.4) is 0 Å². The SMILES string of the molecule is CC(C)CC[C@H](NC(=O)[C@H](Cc1ccccc1)NC(=O)[C@H](C)NC(=O)[C@H](C)NC(=O)[C@@H](NC(=O)[C@@H](N)CC(N)=O)[C@@H](C)O)C(=O)O. The lowest BCUT2D eigenvalue weighted by Gasteiger charge is -2.25. The van der Waals surface area contributed by atoms with Crippen LogP contribution in [-0.2, 0) is 40.0 Å². The molecule has 0 aromatic heterocycles. The van der Waals surface area contributed by atoms with E-state index in [1.165, 1.54) is 20.8 Å². The monoisotopic (exact) mass is 649 g/mol. The first-order valence-electron chi connectivity index (χ1n) is 14.9. The van der Waals surface area contributed by atoms with E-state index in [-0.39, 0.29) is 18.8 Å². The second-order valence-corrected chi connectivity index (χ2v) is 11.6. The van der Waals surface area contributed by atoms with E-state index in [9.17, 15) is 43.8 Å². The maximum Gasteiger partial charge on any atom is 0.326 e. The second kappa shape index (κ2) is 19.1. The third-order valence-electron chi connectivity index (χ3n) is 6.89. The average Bonchev–Trinajstić information content (AvgIpc) is 2.96. The molecule has 0 saturated heterocycles. The summed E-state index contributed by atoms with van der Waals surface area (Å²) >= 11 is 0. The van der Waals surface area contributed by atoms with Crippen molar-refractivity contribution in [3.05, 3.63) is 35.9 Å². The molecule has 0 aliphatic heterocycles. The number of aliphatic carboxylic acids is 1. The summed E-state index contributed by atoms with van der Waals surface area (Å²) in [7, 11) is 0. The lowest BCUT2D eigenvalue weighted by Crippen LogP contribution is -2.60. The molecule has 7 atom stereocenters. The number of primary amides is 1. The summed E-state index contributed by atoms with van der Waals surface area (Å²) in [6.45, 7) is 7.71. The molecule has 0 aliphatic rings. The van der Waals surface area contributed by atoms with Crippen LogP contribution in [0.5, 0.6) is 0 Å². The van der Waals surface area contributed by atoms with Gasteiger partial charge in [-0.05, 0) is 45.1 Å². The van der Waals surface area contributed by atoms with Gasteiger partial charge in [-0.25, -0.2) is 4.79 Å². The van der Waals surface area contributed by atoms with Gasteiger partial charge >= 0.3 is 5.97 Å². The minimum absolute atomic E-state index is 0.0393. The molecule has 0 bridgehead atoms. The number of rotatable bonds is 19. The zero-order chi connectivity index (χ0) is 35.1. The van der Waals surface area contributed by atoms with Crippen LogP contribution in [0.1, 0.15) is 59.4 Å². The summed E-state index contributed by atoms with van der Waals surface area (Å²) in [6, 6.07) is 1.06. The number of amides is 6. The molecule has 16 heteroatoms. The maximum atomic E-state index is 13.2. The molecule has 0 aliphatic carbocycles. The third kappa shape index (κ3) is 14.0. The Balaban J connectivity index is 2.93. The van der Waals surface area contributed by atoms with Crippen molar-refractivity contribution in [2.45, 2.75) is 103 Å². The summed E-state index contributed by atoms with van der Waals surface area (Å²) in [5.41, 5.74) is 11.3. The Hall–Kier alpha value is -4.57. The van der Waals surface area contributed by atoms with Crippen LogP contribution in [0.25, 0.3) is 0 Å². The number of aliphatic hydroxyl groups excluding tert-OH is 1. The quantitative estimate of drug-likeness (QED) is 0.0780. The Labute approximate surface area is 267 Å². The fraction of sp³-hybridized carbons (Fsp3) is 0.567. The Kier molecular flexibility index (Phi) is 16.3.